The summed E-state index contributed by atoms with van der Waals surface area (Å²) >= 11 is 0. The first-order chi connectivity index (χ1) is 8.69. The fourth-order valence-electron chi connectivity index (χ4n) is 1.25. The molecule has 0 aromatic carbocycles. The van der Waals surface area contributed by atoms with E-state index in [2.05, 4.69) is 9.97 Å². The van der Waals surface area contributed by atoms with Gasteiger partial charge in [0.25, 0.3) is 0 Å². The van der Waals surface area contributed by atoms with Crippen molar-refractivity contribution in [3.05, 3.63) is 42.4 Å². The van der Waals surface area contributed by atoms with E-state index in [0.29, 0.717) is 17.4 Å². The Bertz CT molecular complexity index is 537. The number of hydrogen-bond donors (Lipinski definition) is 1. The summed E-state index contributed by atoms with van der Waals surface area (Å²) in [7, 11) is 1.53. The van der Waals surface area contributed by atoms with Crippen LogP contribution in [0.25, 0.3) is 0 Å². The van der Waals surface area contributed by atoms with Crippen LogP contribution in [0.5, 0.6) is 17.4 Å². The number of carbonyl (C=O) groups is 1. The smallest absolute Gasteiger partial charge is 0.354 e. The number of pyridine rings is 2. The Hall–Kier alpha value is -2.63. The summed E-state index contributed by atoms with van der Waals surface area (Å²) in [5.74, 6) is 0.363. The second-order valence-corrected chi connectivity index (χ2v) is 3.32. The van der Waals surface area contributed by atoms with Crippen LogP contribution >= 0.6 is 0 Å². The van der Waals surface area contributed by atoms with E-state index < -0.39 is 5.97 Å². The van der Waals surface area contributed by atoms with Crippen molar-refractivity contribution in [2.75, 3.05) is 7.11 Å². The molecule has 0 radical (unpaired) electrons. The van der Waals surface area contributed by atoms with Gasteiger partial charge in [-0.25, -0.2) is 14.8 Å². The lowest BCUT2D eigenvalue weighted by Gasteiger charge is -2.05. The lowest BCUT2D eigenvalue weighted by atomic mass is 10.3. The maximum atomic E-state index is 10.6. The summed E-state index contributed by atoms with van der Waals surface area (Å²) in [4.78, 5) is 18.3. The lowest BCUT2D eigenvalue weighted by molar-refractivity contribution is 0.0690. The van der Waals surface area contributed by atoms with Crippen molar-refractivity contribution in [2.45, 2.75) is 0 Å². The van der Waals surface area contributed by atoms with Crippen molar-refractivity contribution in [3.8, 4) is 17.4 Å². The average molecular weight is 246 g/mol. The van der Waals surface area contributed by atoms with Gasteiger partial charge in [0.1, 0.15) is 17.2 Å². The first-order valence-electron chi connectivity index (χ1n) is 5.06. The molecule has 0 spiro atoms. The predicted octanol–water partition coefficient (Wildman–Crippen LogP) is 1.98. The van der Waals surface area contributed by atoms with E-state index in [1.807, 2.05) is 0 Å². The molecule has 0 saturated carbocycles. The quantitative estimate of drug-likeness (QED) is 0.888. The van der Waals surface area contributed by atoms with E-state index in [1.54, 1.807) is 12.1 Å². The fraction of sp³-hybridized carbons (Fsp3) is 0.0833. The maximum absolute atomic E-state index is 10.6. The van der Waals surface area contributed by atoms with Crippen LogP contribution in [0.3, 0.4) is 0 Å². The van der Waals surface area contributed by atoms with Gasteiger partial charge in [0.2, 0.25) is 5.88 Å². The zero-order valence-electron chi connectivity index (χ0n) is 9.53. The van der Waals surface area contributed by atoms with E-state index in [-0.39, 0.29) is 5.69 Å². The topological polar surface area (TPSA) is 81.5 Å². The minimum Gasteiger partial charge on any atom is -0.481 e. The third-order valence-electron chi connectivity index (χ3n) is 2.11. The Morgan fingerprint density at radius 3 is 2.22 bits per heavy atom. The number of rotatable bonds is 4. The van der Waals surface area contributed by atoms with Crippen LogP contribution in [0, 0.1) is 0 Å². The van der Waals surface area contributed by atoms with Gasteiger partial charge in [-0.3, -0.25) is 0 Å². The zero-order chi connectivity index (χ0) is 13.0. The second-order valence-electron chi connectivity index (χ2n) is 3.32. The highest BCUT2D eigenvalue weighted by atomic mass is 16.5. The van der Waals surface area contributed by atoms with E-state index in [4.69, 9.17) is 14.6 Å². The van der Waals surface area contributed by atoms with Crippen LogP contribution < -0.4 is 9.47 Å². The lowest BCUT2D eigenvalue weighted by Crippen LogP contribution is -1.99. The molecule has 2 heterocycles. The molecule has 1 N–H and O–H groups in total. The Kier molecular flexibility index (Phi) is 3.38. The molecule has 6 nitrogen and oxygen atoms in total. The van der Waals surface area contributed by atoms with E-state index in [1.165, 1.54) is 31.6 Å². The summed E-state index contributed by atoms with van der Waals surface area (Å²) in [6.45, 7) is 0. The minimum atomic E-state index is -1.08. The van der Waals surface area contributed by atoms with Crippen molar-refractivity contribution in [1.29, 1.82) is 0 Å². The third-order valence-corrected chi connectivity index (χ3v) is 2.11. The molecule has 0 bridgehead atoms. The van der Waals surface area contributed by atoms with Crippen molar-refractivity contribution < 1.29 is 19.4 Å². The highest BCUT2D eigenvalue weighted by Gasteiger charge is 2.05. The summed E-state index contributed by atoms with van der Waals surface area (Å²) in [6, 6.07) is 6.25. The van der Waals surface area contributed by atoms with Crippen molar-refractivity contribution in [3.63, 3.8) is 0 Å². The van der Waals surface area contributed by atoms with Gasteiger partial charge in [-0.1, -0.05) is 0 Å². The Morgan fingerprint density at radius 1 is 1.11 bits per heavy atom. The predicted molar refractivity (Wildman–Crippen MR) is 62.1 cm³/mol. The largest absolute Gasteiger partial charge is 0.481 e. The van der Waals surface area contributed by atoms with Crippen LogP contribution in [0.1, 0.15) is 10.5 Å². The van der Waals surface area contributed by atoms with Crippen molar-refractivity contribution in [1.82, 2.24) is 9.97 Å². The summed E-state index contributed by atoms with van der Waals surface area (Å²) in [5.41, 5.74) is -0.0322. The second kappa shape index (κ2) is 5.13. The van der Waals surface area contributed by atoms with Gasteiger partial charge in [-0.2, -0.15) is 0 Å². The number of aromatic carboxylic acids is 1. The van der Waals surface area contributed by atoms with Gasteiger partial charge in [-0.05, 0) is 18.2 Å². The zero-order valence-corrected chi connectivity index (χ0v) is 9.53. The molecule has 0 aliphatic heterocycles. The molecule has 18 heavy (non-hydrogen) atoms. The normalized spacial score (nSPS) is 9.83. The first-order valence-corrected chi connectivity index (χ1v) is 5.06. The highest BCUT2D eigenvalue weighted by molar-refractivity contribution is 5.85. The molecule has 0 atom stereocenters. The van der Waals surface area contributed by atoms with Gasteiger partial charge in [0.15, 0.2) is 0 Å². The molecule has 0 aliphatic rings. The number of ether oxygens (including phenoxy) is 2. The van der Waals surface area contributed by atoms with Gasteiger partial charge < -0.3 is 14.6 Å². The molecule has 2 aromatic heterocycles. The van der Waals surface area contributed by atoms with Gasteiger partial charge in [0, 0.05) is 6.07 Å². The van der Waals surface area contributed by atoms with Crippen LogP contribution in [0.4, 0.5) is 0 Å². The summed E-state index contributed by atoms with van der Waals surface area (Å²) < 4.78 is 10.4. The molecule has 6 heteroatoms. The number of methoxy groups -OCH3 is 1. The molecular formula is C12H10N2O4. The molecule has 0 aliphatic carbocycles. The maximum Gasteiger partial charge on any atom is 0.354 e. The Labute approximate surface area is 103 Å². The molecule has 2 aromatic rings. The van der Waals surface area contributed by atoms with Crippen molar-refractivity contribution in [2.24, 2.45) is 0 Å². The average Bonchev–Trinajstić information content (AvgIpc) is 2.40. The number of aromatic nitrogens is 2. The molecule has 0 amide bonds. The Balaban J connectivity index is 2.10. The van der Waals surface area contributed by atoms with Crippen LogP contribution in [-0.4, -0.2) is 28.2 Å². The standard InChI is InChI=1S/C12H10N2O4/c1-17-11-5-3-9(7-14-11)18-8-2-4-10(12(15)16)13-6-8/h2-7H,1H3,(H,15,16). The van der Waals surface area contributed by atoms with Crippen LogP contribution in [0.15, 0.2) is 36.7 Å². The molecular weight excluding hydrogens is 236 g/mol. The number of nitrogens with zero attached hydrogens (tertiary/aromatic N) is 2. The van der Waals surface area contributed by atoms with Gasteiger partial charge in [-0.15, -0.1) is 0 Å². The monoisotopic (exact) mass is 246 g/mol. The number of carboxylic acid groups (broad SMARTS) is 1. The van der Waals surface area contributed by atoms with Crippen molar-refractivity contribution >= 4 is 5.97 Å². The van der Waals surface area contributed by atoms with Gasteiger partial charge >= 0.3 is 5.97 Å². The molecule has 0 unspecified atom stereocenters. The summed E-state index contributed by atoms with van der Waals surface area (Å²) in [6.07, 6.45) is 2.84. The van der Waals surface area contributed by atoms with Gasteiger partial charge in [0.05, 0.1) is 19.5 Å². The highest BCUT2D eigenvalue weighted by Crippen LogP contribution is 2.21. The summed E-state index contributed by atoms with van der Waals surface area (Å²) in [5, 5.41) is 8.70. The number of carboxylic acids is 1. The van der Waals surface area contributed by atoms with E-state index >= 15 is 0 Å². The third kappa shape index (κ3) is 2.73. The molecule has 0 fully saturated rings. The Morgan fingerprint density at radius 2 is 1.78 bits per heavy atom. The number of hydrogen-bond acceptors (Lipinski definition) is 5. The fourth-order valence-corrected chi connectivity index (χ4v) is 1.25. The molecule has 0 saturated heterocycles. The SMILES string of the molecule is COc1ccc(Oc2ccc(C(=O)O)nc2)cn1. The molecule has 2 rings (SSSR count). The van der Waals surface area contributed by atoms with Crippen LogP contribution in [-0.2, 0) is 0 Å². The molecule has 92 valence electrons. The van der Waals surface area contributed by atoms with E-state index in [0.717, 1.165) is 0 Å². The van der Waals surface area contributed by atoms with E-state index in [9.17, 15) is 4.79 Å². The van der Waals surface area contributed by atoms with Crippen LogP contribution in [0.2, 0.25) is 0 Å². The minimum absolute atomic E-state index is 0.0322. The first kappa shape index (κ1) is 11.8.